The average Bonchev–Trinajstić information content (AvgIpc) is 3.57. The molecule has 10 heteroatoms. The van der Waals surface area contributed by atoms with Gasteiger partial charge in [-0.15, -0.1) is 0 Å². The van der Waals surface area contributed by atoms with Gasteiger partial charge in [0, 0.05) is 17.7 Å². The van der Waals surface area contributed by atoms with Crippen LogP contribution in [-0.2, 0) is 9.53 Å². The van der Waals surface area contributed by atoms with Gasteiger partial charge in [0.2, 0.25) is 5.91 Å². The number of imidazole rings is 1. The van der Waals surface area contributed by atoms with Crippen LogP contribution >= 0.6 is 27.5 Å². The Hall–Kier alpha value is -3.17. The van der Waals surface area contributed by atoms with Gasteiger partial charge in [-0.05, 0) is 29.9 Å². The van der Waals surface area contributed by atoms with E-state index in [1.54, 1.807) is 4.90 Å². The SMILES string of the molecule is COC(=O)N[C@H](C(=O)N1CCC[C@H]1c1nc(-c2ccc(-c3ccc(C(=O)CBr)cc3)cc2)c(Cl)[nH]1)C(C)C. The van der Waals surface area contributed by atoms with Crippen LogP contribution in [0.4, 0.5) is 4.79 Å². The first-order valence-corrected chi connectivity index (χ1v) is 13.9. The van der Waals surface area contributed by atoms with Crippen LogP contribution in [0.25, 0.3) is 22.4 Å². The van der Waals surface area contributed by atoms with E-state index in [1.807, 2.05) is 62.4 Å². The van der Waals surface area contributed by atoms with Gasteiger partial charge in [0.15, 0.2) is 5.78 Å². The normalized spacial score (nSPS) is 15.9. The number of aromatic amines is 1. The molecule has 8 nitrogen and oxygen atoms in total. The molecule has 1 aliphatic rings. The van der Waals surface area contributed by atoms with Crippen molar-refractivity contribution >= 4 is 45.3 Å². The number of benzene rings is 2. The zero-order valence-corrected chi connectivity index (χ0v) is 23.8. The van der Waals surface area contributed by atoms with Crippen molar-refractivity contribution in [3.05, 3.63) is 65.1 Å². The first kappa shape index (κ1) is 27.9. The highest BCUT2D eigenvalue weighted by Crippen LogP contribution is 2.36. The Morgan fingerprint density at radius 3 is 2.29 bits per heavy atom. The number of alkyl halides is 1. The maximum Gasteiger partial charge on any atom is 0.407 e. The Balaban J connectivity index is 1.53. The molecule has 200 valence electrons. The zero-order valence-electron chi connectivity index (χ0n) is 21.5. The van der Waals surface area contributed by atoms with E-state index in [0.29, 0.717) is 34.1 Å². The van der Waals surface area contributed by atoms with Crippen LogP contribution < -0.4 is 5.32 Å². The molecule has 2 amide bonds. The summed E-state index contributed by atoms with van der Waals surface area (Å²) in [6.45, 7) is 4.33. The Kier molecular flexibility index (Phi) is 8.89. The van der Waals surface area contributed by atoms with E-state index in [1.165, 1.54) is 7.11 Å². The summed E-state index contributed by atoms with van der Waals surface area (Å²) in [5, 5.41) is 3.35. The Labute approximate surface area is 235 Å². The predicted octanol–water partition coefficient (Wildman–Crippen LogP) is 6.02. The molecule has 1 aliphatic heterocycles. The quantitative estimate of drug-likeness (QED) is 0.243. The number of likely N-dealkylation sites (tertiary alicyclic amines) is 1. The molecule has 38 heavy (non-hydrogen) atoms. The highest BCUT2D eigenvalue weighted by molar-refractivity contribution is 9.09. The van der Waals surface area contributed by atoms with Gasteiger partial charge in [0.1, 0.15) is 22.7 Å². The minimum atomic E-state index is -0.702. The third-order valence-electron chi connectivity index (χ3n) is 6.74. The second-order valence-corrected chi connectivity index (χ2v) is 10.5. The standard InChI is InChI=1S/C28H30BrClN4O4/c1-16(2)23(32-28(37)38-3)27(36)34-14-4-5-21(34)26-31-24(25(30)33-26)20-12-8-18(9-13-20)17-6-10-19(11-7-17)22(35)15-29/h6-13,16,21,23H,4-5,14-15H2,1-3H3,(H,31,33)(H,32,37)/t21-,23-/m0/s1. The average molecular weight is 602 g/mol. The lowest BCUT2D eigenvalue weighted by molar-refractivity contribution is -0.135. The first-order chi connectivity index (χ1) is 18.2. The molecule has 0 radical (unpaired) electrons. The molecule has 2 heterocycles. The molecule has 3 aromatic rings. The monoisotopic (exact) mass is 600 g/mol. The summed E-state index contributed by atoms with van der Waals surface area (Å²) in [5.74, 6) is 0.374. The van der Waals surface area contributed by atoms with Crippen molar-refractivity contribution in [1.29, 1.82) is 0 Å². The second-order valence-electron chi connectivity index (χ2n) is 9.54. The highest BCUT2D eigenvalue weighted by atomic mass is 79.9. The first-order valence-electron chi connectivity index (χ1n) is 12.4. The van der Waals surface area contributed by atoms with Gasteiger partial charge < -0.3 is 19.9 Å². The van der Waals surface area contributed by atoms with Crippen LogP contribution in [0.1, 0.15) is 48.9 Å². The number of hydrogen-bond acceptors (Lipinski definition) is 5. The smallest absolute Gasteiger partial charge is 0.407 e. The van der Waals surface area contributed by atoms with Crippen LogP contribution in [0.2, 0.25) is 5.15 Å². The van der Waals surface area contributed by atoms with E-state index in [-0.39, 0.29) is 23.7 Å². The molecule has 0 saturated carbocycles. The van der Waals surface area contributed by atoms with Crippen LogP contribution in [0.5, 0.6) is 0 Å². The van der Waals surface area contributed by atoms with Crippen molar-refractivity contribution in [2.75, 3.05) is 19.0 Å². The van der Waals surface area contributed by atoms with E-state index in [4.69, 9.17) is 21.3 Å². The number of nitrogens with zero attached hydrogens (tertiary/aromatic N) is 2. The van der Waals surface area contributed by atoms with Crippen molar-refractivity contribution in [2.45, 2.75) is 38.8 Å². The van der Waals surface area contributed by atoms with Crippen LogP contribution in [0.15, 0.2) is 48.5 Å². The van der Waals surface area contributed by atoms with Crippen molar-refractivity contribution in [3.63, 3.8) is 0 Å². The highest BCUT2D eigenvalue weighted by Gasteiger charge is 2.37. The van der Waals surface area contributed by atoms with Gasteiger partial charge in [0.05, 0.1) is 18.5 Å². The van der Waals surface area contributed by atoms with Crippen LogP contribution in [0, 0.1) is 5.92 Å². The summed E-state index contributed by atoms with van der Waals surface area (Å²) in [5.41, 5.74) is 4.12. The van der Waals surface area contributed by atoms with Crippen molar-refractivity contribution in [2.24, 2.45) is 5.92 Å². The number of ether oxygens (including phenoxy) is 1. The summed E-state index contributed by atoms with van der Waals surface area (Å²) in [7, 11) is 1.28. The predicted molar refractivity (Wildman–Crippen MR) is 150 cm³/mol. The molecule has 1 aromatic heterocycles. The molecule has 2 N–H and O–H groups in total. The number of H-pyrrole nitrogens is 1. The van der Waals surface area contributed by atoms with Crippen molar-refractivity contribution < 1.29 is 19.1 Å². The number of Topliss-reactive ketones (excluding diaryl/α,β-unsaturated/α-hetero) is 1. The fourth-order valence-electron chi connectivity index (χ4n) is 4.66. The zero-order chi connectivity index (χ0) is 27.4. The van der Waals surface area contributed by atoms with E-state index < -0.39 is 12.1 Å². The largest absolute Gasteiger partial charge is 0.453 e. The molecular formula is C28H30BrClN4O4. The molecule has 1 saturated heterocycles. The molecule has 0 aliphatic carbocycles. The lowest BCUT2D eigenvalue weighted by Crippen LogP contribution is -2.51. The van der Waals surface area contributed by atoms with Gasteiger partial charge >= 0.3 is 6.09 Å². The van der Waals surface area contributed by atoms with Gasteiger partial charge in [0.25, 0.3) is 0 Å². The third-order valence-corrected chi connectivity index (χ3v) is 7.52. The molecule has 0 unspecified atom stereocenters. The maximum absolute atomic E-state index is 13.4. The number of amides is 2. The fourth-order valence-corrected chi connectivity index (χ4v) is 5.23. The summed E-state index contributed by atoms with van der Waals surface area (Å²) in [6, 6.07) is 14.4. The molecule has 1 fully saturated rings. The van der Waals surface area contributed by atoms with Gasteiger partial charge in [-0.3, -0.25) is 9.59 Å². The lowest BCUT2D eigenvalue weighted by Gasteiger charge is -2.29. The Morgan fingerprint density at radius 1 is 1.11 bits per heavy atom. The number of aromatic nitrogens is 2. The lowest BCUT2D eigenvalue weighted by atomic mass is 10.0. The fraction of sp³-hybridized carbons (Fsp3) is 0.357. The van der Waals surface area contributed by atoms with Gasteiger partial charge in [-0.2, -0.15) is 0 Å². The third kappa shape index (κ3) is 5.94. The number of ketones is 1. The summed E-state index contributed by atoms with van der Waals surface area (Å²) >= 11 is 9.77. The molecule has 0 bridgehead atoms. The number of hydrogen-bond donors (Lipinski definition) is 2. The van der Waals surface area contributed by atoms with Crippen LogP contribution in [-0.4, -0.2) is 57.7 Å². The number of rotatable bonds is 8. The second kappa shape index (κ2) is 12.1. The number of nitrogens with one attached hydrogen (secondary N) is 2. The van der Waals surface area contributed by atoms with Crippen molar-refractivity contribution in [3.8, 4) is 22.4 Å². The van der Waals surface area contributed by atoms with Crippen LogP contribution in [0.3, 0.4) is 0 Å². The van der Waals surface area contributed by atoms with E-state index in [0.717, 1.165) is 29.5 Å². The summed E-state index contributed by atoms with van der Waals surface area (Å²) in [4.78, 5) is 46.8. The number of alkyl carbamates (subject to hydrolysis) is 1. The number of halogens is 2. The molecule has 2 aromatic carbocycles. The van der Waals surface area contributed by atoms with Gasteiger partial charge in [-0.1, -0.05) is 89.9 Å². The Morgan fingerprint density at radius 2 is 1.71 bits per heavy atom. The van der Waals surface area contributed by atoms with Crippen molar-refractivity contribution in [1.82, 2.24) is 20.2 Å². The summed E-state index contributed by atoms with van der Waals surface area (Å²) in [6.07, 6.45) is 0.926. The van der Waals surface area contributed by atoms with E-state index >= 15 is 0 Å². The van der Waals surface area contributed by atoms with E-state index in [2.05, 4.69) is 26.2 Å². The minimum absolute atomic E-state index is 0.0397. The topological polar surface area (TPSA) is 104 Å². The minimum Gasteiger partial charge on any atom is -0.453 e. The number of methoxy groups -OCH3 is 1. The number of carbonyl (C=O) groups excluding carboxylic acids is 3. The number of carbonyl (C=O) groups is 3. The molecular weight excluding hydrogens is 572 g/mol. The molecule has 4 rings (SSSR count). The van der Waals surface area contributed by atoms with E-state index in [9.17, 15) is 14.4 Å². The molecule has 0 spiro atoms. The van der Waals surface area contributed by atoms with Gasteiger partial charge in [-0.25, -0.2) is 9.78 Å². The summed E-state index contributed by atoms with van der Waals surface area (Å²) < 4.78 is 4.71. The molecule has 2 atom stereocenters. The maximum atomic E-state index is 13.4. The Bertz CT molecular complexity index is 1310.